The molecule has 0 amide bonds. The average Bonchev–Trinajstić information content (AvgIpc) is 3.00. The molecule has 0 spiro atoms. The van der Waals surface area contributed by atoms with Gasteiger partial charge in [0.2, 0.25) is 0 Å². The van der Waals surface area contributed by atoms with E-state index in [1.165, 1.54) is 0 Å². The fourth-order valence-corrected chi connectivity index (χ4v) is 3.21. The Morgan fingerprint density at radius 2 is 2.38 bits per heavy atom. The monoisotopic (exact) mass is 291 g/mol. The molecule has 3 aliphatic rings. The summed E-state index contributed by atoms with van der Waals surface area (Å²) < 4.78 is 7.32. The number of nitrogens with two attached hydrogens (primary N) is 1. The molecule has 1 aliphatic carbocycles. The molecule has 8 heteroatoms. The van der Waals surface area contributed by atoms with Gasteiger partial charge in [-0.15, -0.1) is 0 Å². The fraction of sp³-hybridized carbons (Fsp3) is 0.538. The minimum atomic E-state index is -0.604. The molecular formula is C13H17N5O3. The summed E-state index contributed by atoms with van der Waals surface area (Å²) in [6.07, 6.45) is 1.15. The van der Waals surface area contributed by atoms with Gasteiger partial charge in [0.25, 0.3) is 0 Å². The molecule has 112 valence electrons. The molecule has 0 radical (unpaired) electrons. The van der Waals surface area contributed by atoms with Crippen LogP contribution in [0.3, 0.4) is 0 Å². The Bertz CT molecular complexity index is 640. The largest absolute Gasteiger partial charge is 0.396 e. The van der Waals surface area contributed by atoms with Gasteiger partial charge in [-0.3, -0.25) is 0 Å². The summed E-state index contributed by atoms with van der Waals surface area (Å²) in [6.45, 7) is 3.91. The van der Waals surface area contributed by atoms with Crippen molar-refractivity contribution < 1.29 is 14.9 Å². The van der Waals surface area contributed by atoms with Gasteiger partial charge in [0.1, 0.15) is 11.5 Å². The van der Waals surface area contributed by atoms with Crippen molar-refractivity contribution in [3.8, 4) is 0 Å². The van der Waals surface area contributed by atoms with Crippen molar-refractivity contribution >= 4 is 11.8 Å². The highest BCUT2D eigenvalue weighted by atomic mass is 16.6. The van der Waals surface area contributed by atoms with Crippen molar-refractivity contribution in [3.63, 3.8) is 0 Å². The molecule has 5 atom stereocenters. The van der Waals surface area contributed by atoms with Gasteiger partial charge in [0.15, 0.2) is 18.3 Å². The molecule has 3 heterocycles. The van der Waals surface area contributed by atoms with E-state index in [2.05, 4.69) is 21.9 Å². The molecule has 5 N–H and O–H groups in total. The zero-order valence-electron chi connectivity index (χ0n) is 11.3. The van der Waals surface area contributed by atoms with Crippen molar-refractivity contribution in [1.29, 1.82) is 0 Å². The topological polar surface area (TPSA) is 121 Å². The Balaban J connectivity index is 1.72. The first-order valence-corrected chi connectivity index (χ1v) is 6.90. The highest BCUT2D eigenvalue weighted by Crippen LogP contribution is 2.46. The third-order valence-electron chi connectivity index (χ3n) is 4.44. The van der Waals surface area contributed by atoms with E-state index in [4.69, 9.17) is 10.5 Å². The zero-order valence-corrected chi connectivity index (χ0v) is 11.3. The third kappa shape index (κ3) is 1.80. The fourth-order valence-electron chi connectivity index (χ4n) is 3.21. The summed E-state index contributed by atoms with van der Waals surface area (Å²) >= 11 is 0. The van der Waals surface area contributed by atoms with Crippen LogP contribution in [-0.2, 0) is 4.74 Å². The number of epoxide rings is 1. The van der Waals surface area contributed by atoms with Crippen LogP contribution in [0.2, 0.25) is 0 Å². The third-order valence-corrected chi connectivity index (χ3v) is 4.44. The number of imidazole rings is 1. The van der Waals surface area contributed by atoms with Crippen molar-refractivity contribution in [2.75, 3.05) is 11.9 Å². The number of fused-ring (bicyclic) bond motifs is 3. The molecule has 4 rings (SSSR count). The molecule has 1 aromatic rings. The van der Waals surface area contributed by atoms with Gasteiger partial charge >= 0.3 is 0 Å². The molecule has 1 saturated carbocycles. The highest BCUT2D eigenvalue weighted by Gasteiger charge is 2.47. The van der Waals surface area contributed by atoms with Crippen LogP contribution in [0.5, 0.6) is 0 Å². The van der Waals surface area contributed by atoms with Crippen molar-refractivity contribution in [3.05, 3.63) is 24.2 Å². The van der Waals surface area contributed by atoms with Crippen molar-refractivity contribution in [2.45, 2.75) is 30.9 Å². The van der Waals surface area contributed by atoms with Gasteiger partial charge in [-0.1, -0.05) is 6.58 Å². The van der Waals surface area contributed by atoms with Gasteiger partial charge in [-0.05, 0) is 12.0 Å². The van der Waals surface area contributed by atoms with Crippen LogP contribution in [0.1, 0.15) is 24.3 Å². The van der Waals surface area contributed by atoms with Gasteiger partial charge in [0, 0.05) is 5.92 Å². The lowest BCUT2D eigenvalue weighted by Crippen LogP contribution is -2.25. The van der Waals surface area contributed by atoms with Crippen LogP contribution in [0.25, 0.3) is 0 Å². The number of rotatable bonds is 2. The van der Waals surface area contributed by atoms with E-state index >= 15 is 0 Å². The van der Waals surface area contributed by atoms with E-state index in [0.717, 1.165) is 17.1 Å². The first-order valence-electron chi connectivity index (χ1n) is 6.90. The van der Waals surface area contributed by atoms with Crippen LogP contribution >= 0.6 is 0 Å². The number of nitrogens with one attached hydrogen (secondary N) is 1. The second-order valence-electron chi connectivity index (χ2n) is 5.66. The summed E-state index contributed by atoms with van der Waals surface area (Å²) in [7, 11) is 0. The first-order chi connectivity index (χ1) is 10.1. The lowest BCUT2D eigenvalue weighted by molar-refractivity contribution is 0.101. The lowest BCUT2D eigenvalue weighted by atomic mass is 10.0. The summed E-state index contributed by atoms with van der Waals surface area (Å²) in [4.78, 5) is 8.56. The minimum Gasteiger partial charge on any atom is -0.396 e. The number of hydrogen-bond acceptors (Lipinski definition) is 7. The maximum absolute atomic E-state index is 10.1. The molecule has 0 aromatic carbocycles. The maximum Gasteiger partial charge on any atom is 0.196 e. The van der Waals surface area contributed by atoms with Gasteiger partial charge in [-0.25, -0.2) is 9.98 Å². The van der Waals surface area contributed by atoms with Crippen molar-refractivity contribution in [2.24, 2.45) is 16.6 Å². The summed E-state index contributed by atoms with van der Waals surface area (Å²) in [5, 5.41) is 22.5. The van der Waals surface area contributed by atoms with E-state index in [0.29, 0.717) is 6.42 Å². The van der Waals surface area contributed by atoms with Gasteiger partial charge < -0.3 is 30.6 Å². The molecule has 3 unspecified atom stereocenters. The van der Waals surface area contributed by atoms with E-state index < -0.39 is 6.10 Å². The smallest absolute Gasteiger partial charge is 0.196 e. The second-order valence-corrected chi connectivity index (χ2v) is 5.66. The van der Waals surface area contributed by atoms with Gasteiger partial charge in [-0.2, -0.15) is 0 Å². The number of guanidine groups is 1. The number of aliphatic hydroxyl groups excluding tert-OH is 2. The van der Waals surface area contributed by atoms with E-state index in [-0.39, 0.29) is 36.9 Å². The number of anilines is 1. The van der Waals surface area contributed by atoms with Gasteiger partial charge in [0.05, 0.1) is 25.1 Å². The number of nitrogens with zero attached hydrogens (tertiary/aromatic N) is 3. The molecule has 0 bridgehead atoms. The molecule has 1 saturated heterocycles. The normalized spacial score (nSPS) is 37.3. The van der Waals surface area contributed by atoms with Crippen LogP contribution < -0.4 is 11.1 Å². The number of aromatic nitrogens is 2. The van der Waals surface area contributed by atoms with Crippen LogP contribution in [0, 0.1) is 5.92 Å². The molecule has 2 fully saturated rings. The van der Waals surface area contributed by atoms with E-state index in [1.54, 1.807) is 6.33 Å². The number of aliphatic hydroxyl groups is 2. The predicted molar refractivity (Wildman–Crippen MR) is 74.5 cm³/mol. The molecule has 1 aromatic heterocycles. The second kappa shape index (κ2) is 4.30. The highest BCUT2D eigenvalue weighted by molar-refractivity contribution is 5.93. The zero-order chi connectivity index (χ0) is 14.7. The summed E-state index contributed by atoms with van der Waals surface area (Å²) in [6, 6.07) is -0.135. The summed E-state index contributed by atoms with van der Waals surface area (Å²) in [5.74, 6) is 0.693. The predicted octanol–water partition coefficient (Wildman–Crippen LogP) is -0.509. The molecular weight excluding hydrogens is 274 g/mol. The molecule has 2 aliphatic heterocycles. The Hall–Kier alpha value is -1.90. The standard InChI is InChI=1S/C13H17N5O3/c1-5-6(3-19)8(20)2-7(5)18-4-15-9-10-12(21-10)17-13(14)16-11(9)18/h4,6-8,10,12,19-20H,1-3H2,(H3,14,16,17)/t6?,7-,8-,10?,12?/m0/s1. The number of aliphatic imine (C=N–C) groups is 1. The quantitative estimate of drug-likeness (QED) is 0.430. The Morgan fingerprint density at radius 3 is 3.10 bits per heavy atom. The molecule has 8 nitrogen and oxygen atoms in total. The number of hydrogen-bond donors (Lipinski definition) is 4. The van der Waals surface area contributed by atoms with E-state index in [1.807, 2.05) is 4.57 Å². The first kappa shape index (κ1) is 12.8. The Kier molecular flexibility index (Phi) is 2.62. The lowest BCUT2D eigenvalue weighted by Gasteiger charge is -2.18. The Morgan fingerprint density at radius 1 is 1.57 bits per heavy atom. The molecule has 21 heavy (non-hydrogen) atoms. The van der Waals surface area contributed by atoms with Crippen LogP contribution in [0.15, 0.2) is 23.5 Å². The van der Waals surface area contributed by atoms with Crippen molar-refractivity contribution in [1.82, 2.24) is 9.55 Å². The summed E-state index contributed by atoms with van der Waals surface area (Å²) in [5.41, 5.74) is 7.37. The van der Waals surface area contributed by atoms with Crippen LogP contribution in [-0.4, -0.2) is 44.7 Å². The van der Waals surface area contributed by atoms with Crippen LogP contribution in [0.4, 0.5) is 5.82 Å². The number of ether oxygens (including phenoxy) is 1. The SMILES string of the molecule is C=C1C(CO)[C@@H](O)C[C@@H]1n1cnc2c1NC(N)=NC1OC21. The Labute approximate surface area is 120 Å². The average molecular weight is 291 g/mol. The minimum absolute atomic E-state index is 0.113. The maximum atomic E-state index is 10.1. The van der Waals surface area contributed by atoms with E-state index in [9.17, 15) is 10.2 Å².